The number of rotatable bonds is 6. The first-order valence-corrected chi connectivity index (χ1v) is 12.2. The largest absolute Gasteiger partial charge is 0.466 e. The van der Waals surface area contributed by atoms with Crippen LogP contribution in [0.4, 0.5) is 5.69 Å². The number of benzene rings is 2. The van der Waals surface area contributed by atoms with E-state index in [1.165, 1.54) is 5.01 Å². The number of piperidine rings is 1. The third-order valence-electron chi connectivity index (χ3n) is 6.74. The number of likely N-dealkylation sites (tertiary alicyclic amines) is 1. The van der Waals surface area contributed by atoms with Crippen LogP contribution in [0.15, 0.2) is 71.5 Å². The highest BCUT2D eigenvalue weighted by Gasteiger charge is 2.29. The lowest BCUT2D eigenvalue weighted by Crippen LogP contribution is -2.37. The van der Waals surface area contributed by atoms with Gasteiger partial charge in [0.15, 0.2) is 0 Å². The molecule has 2 aliphatic rings. The summed E-state index contributed by atoms with van der Waals surface area (Å²) in [6, 6.07) is 17.7. The molecule has 180 valence electrons. The first-order chi connectivity index (χ1) is 17.0. The van der Waals surface area contributed by atoms with E-state index in [1.807, 2.05) is 62.4 Å². The van der Waals surface area contributed by atoms with Crippen molar-refractivity contribution in [3.63, 3.8) is 0 Å². The van der Waals surface area contributed by atoms with Gasteiger partial charge in [-0.15, -0.1) is 0 Å². The summed E-state index contributed by atoms with van der Waals surface area (Å²) in [7, 11) is 0. The summed E-state index contributed by atoms with van der Waals surface area (Å²) in [5.74, 6) is -0.196. The topological polar surface area (TPSA) is 67.1 Å². The number of hydrogen-bond acceptors (Lipinski definition) is 5. The smallest absolute Gasteiger partial charge is 0.309 e. The summed E-state index contributed by atoms with van der Waals surface area (Å²) >= 11 is 0. The van der Waals surface area contributed by atoms with Crippen LogP contribution in [0.25, 0.3) is 17.0 Å². The number of fused-ring (bicyclic) bond motifs is 1. The molecule has 35 heavy (non-hydrogen) atoms. The van der Waals surface area contributed by atoms with Gasteiger partial charge in [0.05, 0.1) is 36.2 Å². The van der Waals surface area contributed by atoms with Crippen molar-refractivity contribution >= 4 is 40.3 Å². The predicted octanol–water partition coefficient (Wildman–Crippen LogP) is 4.68. The summed E-state index contributed by atoms with van der Waals surface area (Å²) in [6.45, 7) is 6.59. The minimum absolute atomic E-state index is 0.00361. The van der Waals surface area contributed by atoms with Gasteiger partial charge >= 0.3 is 5.97 Å². The Bertz CT molecular complexity index is 1300. The van der Waals surface area contributed by atoms with E-state index in [0.29, 0.717) is 17.9 Å². The average Bonchev–Trinajstić information content (AvgIpc) is 3.37. The molecule has 3 aromatic rings. The number of hydrogen-bond donors (Lipinski definition) is 0. The number of anilines is 1. The molecule has 5 rings (SSSR count). The van der Waals surface area contributed by atoms with Crippen molar-refractivity contribution in [2.24, 2.45) is 11.0 Å². The zero-order valence-electron chi connectivity index (χ0n) is 20.2. The molecule has 3 heterocycles. The molecule has 1 aromatic heterocycles. The molecule has 2 aromatic carbocycles. The molecule has 0 unspecified atom stereocenters. The minimum atomic E-state index is -0.119. The Morgan fingerprint density at radius 3 is 2.54 bits per heavy atom. The van der Waals surface area contributed by atoms with Crippen LogP contribution in [-0.2, 0) is 21.0 Å². The van der Waals surface area contributed by atoms with Crippen molar-refractivity contribution in [3.05, 3.63) is 71.9 Å². The summed E-state index contributed by atoms with van der Waals surface area (Å²) in [5.41, 5.74) is 4.18. The molecule has 0 saturated carbocycles. The van der Waals surface area contributed by atoms with Crippen LogP contribution in [0, 0.1) is 5.92 Å². The lowest BCUT2D eigenvalue weighted by molar-refractivity contribution is -0.149. The Labute approximate surface area is 205 Å². The summed E-state index contributed by atoms with van der Waals surface area (Å²) < 4.78 is 7.43. The number of ether oxygens (including phenoxy) is 1. The van der Waals surface area contributed by atoms with Gasteiger partial charge in [-0.3, -0.25) is 14.5 Å². The number of amides is 1. The third kappa shape index (κ3) is 4.64. The molecular formula is C28H30N4O3. The molecule has 1 saturated heterocycles. The van der Waals surface area contributed by atoms with Crippen molar-refractivity contribution in [2.45, 2.75) is 33.4 Å². The lowest BCUT2D eigenvalue weighted by atomic mass is 9.97. The van der Waals surface area contributed by atoms with E-state index in [9.17, 15) is 9.59 Å². The minimum Gasteiger partial charge on any atom is -0.466 e. The van der Waals surface area contributed by atoms with Gasteiger partial charge in [-0.1, -0.05) is 36.4 Å². The normalized spacial score (nSPS) is 18.5. The van der Waals surface area contributed by atoms with Crippen molar-refractivity contribution in [2.75, 3.05) is 24.7 Å². The van der Waals surface area contributed by atoms with Crippen LogP contribution in [0.1, 0.15) is 32.3 Å². The van der Waals surface area contributed by atoms with Crippen LogP contribution in [0.3, 0.4) is 0 Å². The number of esters is 1. The van der Waals surface area contributed by atoms with Crippen molar-refractivity contribution in [1.29, 1.82) is 0 Å². The fraction of sp³-hybridized carbons (Fsp3) is 0.321. The van der Waals surface area contributed by atoms with Gasteiger partial charge in [0.25, 0.3) is 5.91 Å². The van der Waals surface area contributed by atoms with E-state index in [0.717, 1.165) is 54.8 Å². The van der Waals surface area contributed by atoms with E-state index in [4.69, 9.17) is 4.74 Å². The van der Waals surface area contributed by atoms with Crippen LogP contribution in [0.5, 0.6) is 0 Å². The van der Waals surface area contributed by atoms with Gasteiger partial charge in [0.2, 0.25) is 0 Å². The first kappa shape index (κ1) is 23.1. The van der Waals surface area contributed by atoms with Crippen LogP contribution in [-0.4, -0.2) is 46.8 Å². The average molecular weight is 471 g/mol. The Kier molecular flexibility index (Phi) is 6.51. The number of para-hydroxylation sites is 2. The van der Waals surface area contributed by atoms with Crippen LogP contribution >= 0.6 is 0 Å². The molecule has 2 aliphatic heterocycles. The van der Waals surface area contributed by atoms with E-state index < -0.39 is 0 Å². The molecule has 0 spiro atoms. The van der Waals surface area contributed by atoms with Gasteiger partial charge in [-0.25, -0.2) is 0 Å². The fourth-order valence-corrected chi connectivity index (χ4v) is 4.88. The Hall–Kier alpha value is -3.71. The van der Waals surface area contributed by atoms with Gasteiger partial charge < -0.3 is 9.30 Å². The standard InChI is InChI=1S/C28H30N4O3/c1-3-35-28(34)21-13-15-30(16-14-21)19-31-18-22(24-11-7-8-12-26(24)31)17-25-20(2)29-32(27(25)33)23-9-5-4-6-10-23/h4-12,17-18,21H,3,13-16,19H2,1-2H3. The van der Waals surface area contributed by atoms with Crippen molar-refractivity contribution in [3.8, 4) is 0 Å². The number of hydrazone groups is 1. The zero-order chi connectivity index (χ0) is 24.4. The molecule has 7 nitrogen and oxygen atoms in total. The quantitative estimate of drug-likeness (QED) is 0.388. The molecule has 0 N–H and O–H groups in total. The van der Waals surface area contributed by atoms with Crippen molar-refractivity contribution in [1.82, 2.24) is 9.47 Å². The number of nitrogens with zero attached hydrogens (tertiary/aromatic N) is 4. The summed E-state index contributed by atoms with van der Waals surface area (Å²) in [4.78, 5) is 27.6. The molecule has 1 fully saturated rings. The fourth-order valence-electron chi connectivity index (χ4n) is 4.88. The first-order valence-electron chi connectivity index (χ1n) is 12.2. The molecule has 7 heteroatoms. The molecule has 0 bridgehead atoms. The second kappa shape index (κ2) is 9.88. The second-order valence-electron chi connectivity index (χ2n) is 9.05. The second-order valence-corrected chi connectivity index (χ2v) is 9.05. The van der Waals surface area contributed by atoms with Crippen LogP contribution < -0.4 is 5.01 Å². The zero-order valence-corrected chi connectivity index (χ0v) is 20.2. The molecule has 0 atom stereocenters. The molecular weight excluding hydrogens is 440 g/mol. The van der Waals surface area contributed by atoms with E-state index >= 15 is 0 Å². The third-order valence-corrected chi connectivity index (χ3v) is 6.74. The van der Waals surface area contributed by atoms with E-state index in [1.54, 1.807) is 0 Å². The maximum Gasteiger partial charge on any atom is 0.309 e. The monoisotopic (exact) mass is 470 g/mol. The molecule has 1 amide bonds. The maximum absolute atomic E-state index is 13.2. The van der Waals surface area contributed by atoms with Gasteiger partial charge in [-0.05, 0) is 51.0 Å². The van der Waals surface area contributed by atoms with E-state index in [2.05, 4.69) is 32.9 Å². The summed E-state index contributed by atoms with van der Waals surface area (Å²) in [5, 5.41) is 7.08. The highest BCUT2D eigenvalue weighted by atomic mass is 16.5. The van der Waals surface area contributed by atoms with Crippen LogP contribution in [0.2, 0.25) is 0 Å². The van der Waals surface area contributed by atoms with Gasteiger partial charge in [0.1, 0.15) is 0 Å². The molecule has 0 radical (unpaired) electrons. The predicted molar refractivity (Wildman–Crippen MR) is 138 cm³/mol. The van der Waals surface area contributed by atoms with Gasteiger partial charge in [-0.2, -0.15) is 10.1 Å². The number of carbonyl (C=O) groups excluding carboxylic acids is 2. The van der Waals surface area contributed by atoms with Gasteiger partial charge in [0, 0.05) is 35.8 Å². The number of carbonyl (C=O) groups is 2. The van der Waals surface area contributed by atoms with E-state index in [-0.39, 0.29) is 17.8 Å². The highest BCUT2D eigenvalue weighted by Crippen LogP contribution is 2.29. The Morgan fingerprint density at radius 2 is 1.80 bits per heavy atom. The van der Waals surface area contributed by atoms with Crippen molar-refractivity contribution < 1.29 is 14.3 Å². The Morgan fingerprint density at radius 1 is 1.09 bits per heavy atom. The summed E-state index contributed by atoms with van der Waals surface area (Å²) in [6.07, 6.45) is 5.69. The molecule has 0 aliphatic carbocycles. The lowest BCUT2D eigenvalue weighted by Gasteiger charge is -2.31. The maximum atomic E-state index is 13.2. The Balaban J connectivity index is 1.37. The SMILES string of the molecule is CCOC(=O)C1CCN(Cn2cc(C=C3C(=O)N(c4ccccc4)N=C3C)c3ccccc32)CC1. The number of aromatic nitrogens is 1. The highest BCUT2D eigenvalue weighted by molar-refractivity contribution is 6.32.